The predicted molar refractivity (Wildman–Crippen MR) is 207 cm³/mol. The van der Waals surface area contributed by atoms with E-state index in [1.165, 1.54) is 6.42 Å². The fraction of sp³-hybridized carbons (Fsp3) is 0.561. The van der Waals surface area contributed by atoms with Crippen LogP contribution in [0.1, 0.15) is 93.7 Å². The fourth-order valence-electron chi connectivity index (χ4n) is 10.5. The molecule has 57 heavy (non-hydrogen) atoms. The molecule has 0 bridgehead atoms. The van der Waals surface area contributed by atoms with E-state index >= 15 is 0 Å². The van der Waals surface area contributed by atoms with E-state index in [9.17, 15) is 18.4 Å². The largest absolute Gasteiger partial charge is 0.378 e. The fourth-order valence-corrected chi connectivity index (χ4v) is 10.5. The van der Waals surface area contributed by atoms with E-state index in [2.05, 4.69) is 42.3 Å². The topological polar surface area (TPSA) is 133 Å². The number of benzene rings is 1. The summed E-state index contributed by atoms with van der Waals surface area (Å²) in [4.78, 5) is 29.2. The number of hydrogen-bond acceptors (Lipinski definition) is 9. The zero-order valence-corrected chi connectivity index (χ0v) is 32.3. The number of anilines is 1. The minimum absolute atomic E-state index is 0.101. The number of ether oxygens (including phenoxy) is 1. The first kappa shape index (κ1) is 36.4. The molecule has 1 N–H and O–H groups in total. The Morgan fingerprint density at radius 1 is 0.947 bits per heavy atom. The number of aromatic nitrogens is 8. The van der Waals surface area contributed by atoms with Gasteiger partial charge in [-0.3, -0.25) is 29.0 Å². The number of amides is 2. The molecule has 5 aliphatic rings. The summed E-state index contributed by atoms with van der Waals surface area (Å²) in [5.41, 5.74) is 4.29. The Morgan fingerprint density at radius 2 is 1.77 bits per heavy atom. The molecule has 5 fully saturated rings. The molecule has 10 rings (SSSR count). The van der Waals surface area contributed by atoms with Crippen molar-refractivity contribution in [3.8, 4) is 16.8 Å². The van der Waals surface area contributed by atoms with Crippen LogP contribution >= 0.6 is 0 Å². The smallest absolute Gasteiger partial charge is 0.284 e. The second-order valence-corrected chi connectivity index (χ2v) is 17.0. The van der Waals surface area contributed by atoms with Crippen LogP contribution in [0.2, 0.25) is 0 Å². The number of alkyl halides is 2. The monoisotopic (exact) mass is 781 g/mol. The number of likely N-dealkylation sites (tertiary alicyclic amines) is 1. The van der Waals surface area contributed by atoms with Crippen LogP contribution in [0, 0.1) is 18.3 Å². The van der Waals surface area contributed by atoms with Crippen LogP contribution in [0.15, 0.2) is 49.1 Å². The van der Waals surface area contributed by atoms with Crippen LogP contribution in [0.4, 0.5) is 14.6 Å². The van der Waals surface area contributed by atoms with E-state index in [1.54, 1.807) is 26.4 Å². The zero-order valence-electron chi connectivity index (χ0n) is 32.3. The number of rotatable bonds is 9. The van der Waals surface area contributed by atoms with Gasteiger partial charge < -0.3 is 14.5 Å². The molecule has 2 aliphatic carbocycles. The number of imide groups is 1. The maximum atomic E-state index is 14.3. The average molecular weight is 782 g/mol. The molecular formula is C41H49F2N11O3. The summed E-state index contributed by atoms with van der Waals surface area (Å²) in [7, 11) is 0. The summed E-state index contributed by atoms with van der Waals surface area (Å²) in [5.74, 6) is 0.847. The van der Waals surface area contributed by atoms with Crippen LogP contribution in [-0.2, 0) is 14.3 Å². The Hall–Kier alpha value is -4.96. The van der Waals surface area contributed by atoms with Crippen LogP contribution in [-0.4, -0.2) is 102 Å². The number of nitrogens with one attached hydrogen (secondary N) is 1. The number of nitrogens with zero attached hydrogens (tertiary/aromatic N) is 10. The molecule has 5 aromatic rings. The first-order valence-corrected chi connectivity index (χ1v) is 20.5. The molecular weight excluding hydrogens is 733 g/mol. The van der Waals surface area contributed by atoms with Crippen molar-refractivity contribution in [2.45, 2.75) is 89.3 Å². The summed E-state index contributed by atoms with van der Waals surface area (Å²) >= 11 is 0. The van der Waals surface area contributed by atoms with Crippen molar-refractivity contribution < 1.29 is 23.1 Å². The second-order valence-electron chi connectivity index (χ2n) is 17.0. The third kappa shape index (κ3) is 6.63. The Balaban J connectivity index is 0.746. The minimum atomic E-state index is -2.69. The van der Waals surface area contributed by atoms with E-state index in [4.69, 9.17) is 14.9 Å². The molecule has 2 saturated carbocycles. The molecule has 16 heteroatoms. The van der Waals surface area contributed by atoms with Crippen LogP contribution in [0.3, 0.4) is 0 Å². The summed E-state index contributed by atoms with van der Waals surface area (Å²) < 4.78 is 41.4. The molecule has 2 amide bonds. The lowest BCUT2D eigenvalue weighted by atomic mass is 9.65. The van der Waals surface area contributed by atoms with Gasteiger partial charge in [-0.25, -0.2) is 13.5 Å². The van der Waals surface area contributed by atoms with E-state index in [0.29, 0.717) is 62.2 Å². The third-order valence-electron chi connectivity index (χ3n) is 13.4. The molecule has 1 spiro atoms. The summed E-state index contributed by atoms with van der Waals surface area (Å²) in [6.07, 6.45) is 13.0. The lowest BCUT2D eigenvalue weighted by Crippen LogP contribution is -2.42. The van der Waals surface area contributed by atoms with Crippen LogP contribution in [0.5, 0.6) is 0 Å². The number of fused-ring (bicyclic) bond motifs is 1. The Bertz CT molecular complexity index is 2290. The number of aryl methyl sites for hydroxylation is 1. The molecule has 4 aromatic heterocycles. The highest BCUT2D eigenvalue weighted by Gasteiger charge is 2.49. The van der Waals surface area contributed by atoms with Gasteiger partial charge in [0.1, 0.15) is 17.5 Å². The molecule has 300 valence electrons. The molecule has 3 aliphatic heterocycles. The summed E-state index contributed by atoms with van der Waals surface area (Å²) in [5, 5.41) is 22.0. The van der Waals surface area contributed by atoms with Gasteiger partial charge in [-0.05, 0) is 87.8 Å². The number of halogens is 2. The molecule has 1 atom stereocenters. The summed E-state index contributed by atoms with van der Waals surface area (Å²) in [6, 6.07) is 7.91. The predicted octanol–water partition coefficient (Wildman–Crippen LogP) is 5.80. The highest BCUT2D eigenvalue weighted by molar-refractivity contribution is 6.01. The van der Waals surface area contributed by atoms with Gasteiger partial charge >= 0.3 is 0 Å². The van der Waals surface area contributed by atoms with Crippen molar-refractivity contribution >= 4 is 28.5 Å². The number of hydrogen-bond donors (Lipinski definition) is 1. The molecule has 1 unspecified atom stereocenters. The SMILES string of the molecule is Cc1nn(C2CCC(=O)NC2=O)c2cccc(-c3cnn(C4CC5(CCN(CC6CCC(n7cc(-n8nccc8N8CCOCC8)c(C(F)F)n7)CC6)C5)C4)c3)c12. The van der Waals surface area contributed by atoms with Gasteiger partial charge in [-0.15, -0.1) is 0 Å². The van der Waals surface area contributed by atoms with Gasteiger partial charge in [0, 0.05) is 55.8 Å². The maximum Gasteiger partial charge on any atom is 0.284 e. The van der Waals surface area contributed by atoms with Crippen molar-refractivity contribution in [1.29, 1.82) is 0 Å². The number of carbonyl (C=O) groups is 2. The molecule has 14 nitrogen and oxygen atoms in total. The normalized spacial score (nSPS) is 27.2. The van der Waals surface area contributed by atoms with E-state index < -0.39 is 12.5 Å². The van der Waals surface area contributed by atoms with Crippen molar-refractivity contribution in [3.05, 3.63) is 60.4 Å². The van der Waals surface area contributed by atoms with Crippen molar-refractivity contribution in [1.82, 2.24) is 49.3 Å². The van der Waals surface area contributed by atoms with Crippen LogP contribution < -0.4 is 10.2 Å². The molecule has 3 saturated heterocycles. The van der Waals surface area contributed by atoms with E-state index in [0.717, 1.165) is 91.7 Å². The van der Waals surface area contributed by atoms with Gasteiger partial charge in [0.2, 0.25) is 5.91 Å². The summed E-state index contributed by atoms with van der Waals surface area (Å²) in [6.45, 7) is 7.89. The lowest BCUT2D eigenvalue weighted by Gasteiger charge is -2.45. The number of piperidine rings is 1. The number of morpholine rings is 1. The van der Waals surface area contributed by atoms with Gasteiger partial charge in [0.05, 0.1) is 55.1 Å². The molecule has 7 heterocycles. The van der Waals surface area contributed by atoms with Gasteiger partial charge in [-0.2, -0.15) is 20.4 Å². The van der Waals surface area contributed by atoms with Crippen LogP contribution in [0.25, 0.3) is 27.7 Å². The Kier molecular flexibility index (Phi) is 9.23. The molecule has 0 radical (unpaired) electrons. The third-order valence-corrected chi connectivity index (χ3v) is 13.4. The highest BCUT2D eigenvalue weighted by Crippen LogP contribution is 2.54. The standard InChI is InChI=1S/C41H49F2N11O3/c1-26-37-31(3-2-4-32(37)53(47-26)33-9-10-35(55)46-40(33)56)28-21-45-51(23-28)30-19-41(20-30)12-14-49(25-41)22-27-5-7-29(8-6-27)52-24-34(38(48-52)39(42)43)54-36(11-13-44-54)50-15-17-57-18-16-50/h2-4,11,13,21,23-24,27,29-30,33,39H,5-10,12,14-20,22,25H2,1H3,(H,46,55,56). The average Bonchev–Trinajstić information content (AvgIpc) is 4.05. The van der Waals surface area contributed by atoms with E-state index in [-0.39, 0.29) is 23.6 Å². The minimum Gasteiger partial charge on any atom is -0.378 e. The zero-order chi connectivity index (χ0) is 38.8. The first-order valence-electron chi connectivity index (χ1n) is 20.5. The number of carbonyl (C=O) groups excluding carboxylic acids is 2. The Labute approximate surface area is 329 Å². The van der Waals surface area contributed by atoms with Crippen molar-refractivity contribution in [3.63, 3.8) is 0 Å². The highest BCUT2D eigenvalue weighted by atomic mass is 19.3. The first-order chi connectivity index (χ1) is 27.7. The van der Waals surface area contributed by atoms with E-state index in [1.807, 2.05) is 31.3 Å². The van der Waals surface area contributed by atoms with Crippen molar-refractivity contribution in [2.75, 3.05) is 50.8 Å². The maximum absolute atomic E-state index is 14.3. The second kappa shape index (κ2) is 14.5. The van der Waals surface area contributed by atoms with Gasteiger partial charge in [0.25, 0.3) is 12.3 Å². The van der Waals surface area contributed by atoms with Gasteiger partial charge in [-0.1, -0.05) is 12.1 Å². The van der Waals surface area contributed by atoms with Gasteiger partial charge in [0.15, 0.2) is 5.69 Å². The van der Waals surface area contributed by atoms with Crippen molar-refractivity contribution in [2.24, 2.45) is 11.3 Å². The lowest BCUT2D eigenvalue weighted by molar-refractivity contribution is -0.135. The Morgan fingerprint density at radius 3 is 2.56 bits per heavy atom. The quantitative estimate of drug-likeness (QED) is 0.184. The molecule has 1 aromatic carbocycles.